The normalized spacial score (nSPS) is 17.4. The SMILES string of the molecule is CN(C)CCc1c2c(c(C(C)(C)C)c3c1CCC3)CCC2. The van der Waals surface area contributed by atoms with Gasteiger partial charge in [0.2, 0.25) is 0 Å². The molecular weight excluding hydrogens is 254 g/mol. The topological polar surface area (TPSA) is 3.24 Å². The Balaban J connectivity index is 2.15. The van der Waals surface area contributed by atoms with Crippen LogP contribution in [-0.4, -0.2) is 25.5 Å². The maximum atomic E-state index is 2.42. The van der Waals surface area contributed by atoms with Gasteiger partial charge in [0.25, 0.3) is 0 Å². The molecule has 0 radical (unpaired) electrons. The molecule has 0 aromatic heterocycles. The molecule has 0 aliphatic heterocycles. The van der Waals surface area contributed by atoms with Crippen molar-refractivity contribution in [2.24, 2.45) is 0 Å². The lowest BCUT2D eigenvalue weighted by atomic mass is 9.76. The largest absolute Gasteiger partial charge is 0.309 e. The minimum absolute atomic E-state index is 0.308. The van der Waals surface area contributed by atoms with Gasteiger partial charge in [-0.25, -0.2) is 0 Å². The highest BCUT2D eigenvalue weighted by Gasteiger charge is 2.32. The number of hydrogen-bond donors (Lipinski definition) is 0. The van der Waals surface area contributed by atoms with Crippen molar-refractivity contribution in [2.45, 2.75) is 71.1 Å². The predicted molar refractivity (Wildman–Crippen MR) is 91.5 cm³/mol. The molecule has 1 aromatic carbocycles. The van der Waals surface area contributed by atoms with E-state index in [2.05, 4.69) is 39.8 Å². The molecule has 0 atom stereocenters. The second-order valence-electron chi connectivity index (χ2n) is 8.28. The summed E-state index contributed by atoms with van der Waals surface area (Å²) in [5, 5.41) is 0. The molecule has 0 N–H and O–H groups in total. The number of hydrogen-bond acceptors (Lipinski definition) is 1. The fourth-order valence-corrected chi connectivity index (χ4v) is 4.61. The molecule has 21 heavy (non-hydrogen) atoms. The number of fused-ring (bicyclic) bond motifs is 2. The van der Waals surface area contributed by atoms with Gasteiger partial charge in [-0.15, -0.1) is 0 Å². The molecule has 0 saturated carbocycles. The van der Waals surface area contributed by atoms with Gasteiger partial charge >= 0.3 is 0 Å². The molecular formula is C20H31N. The van der Waals surface area contributed by atoms with Gasteiger partial charge in [0.05, 0.1) is 0 Å². The standard InChI is InChI=1S/C20H31N/c1-20(2,3)19-17-10-6-8-14(17)16(12-13-21(4)5)15-9-7-11-18(15)19/h6-13H2,1-5H3. The minimum Gasteiger partial charge on any atom is -0.309 e. The lowest BCUT2D eigenvalue weighted by Gasteiger charge is -2.29. The quantitative estimate of drug-likeness (QED) is 0.809. The van der Waals surface area contributed by atoms with E-state index in [9.17, 15) is 0 Å². The summed E-state index contributed by atoms with van der Waals surface area (Å²) in [6, 6.07) is 0. The molecule has 0 amide bonds. The molecule has 1 heteroatoms. The van der Waals surface area contributed by atoms with Crippen LogP contribution in [0.2, 0.25) is 0 Å². The summed E-state index contributed by atoms with van der Waals surface area (Å²) in [6.45, 7) is 8.44. The van der Waals surface area contributed by atoms with Gasteiger partial charge in [-0.05, 0) is 97.8 Å². The second-order valence-corrected chi connectivity index (χ2v) is 8.28. The van der Waals surface area contributed by atoms with Crippen molar-refractivity contribution in [3.05, 3.63) is 33.4 Å². The van der Waals surface area contributed by atoms with Gasteiger partial charge in [0, 0.05) is 6.54 Å². The third-order valence-electron chi connectivity index (χ3n) is 5.33. The van der Waals surface area contributed by atoms with Gasteiger partial charge in [-0.2, -0.15) is 0 Å². The first kappa shape index (κ1) is 15.1. The van der Waals surface area contributed by atoms with Crippen LogP contribution in [0.25, 0.3) is 0 Å². The van der Waals surface area contributed by atoms with E-state index in [1.54, 1.807) is 33.4 Å². The average Bonchev–Trinajstić information content (AvgIpc) is 3.00. The van der Waals surface area contributed by atoms with Crippen LogP contribution in [0.1, 0.15) is 67.0 Å². The van der Waals surface area contributed by atoms with Crippen molar-refractivity contribution in [3.63, 3.8) is 0 Å². The highest BCUT2D eigenvalue weighted by Crippen LogP contribution is 2.43. The highest BCUT2D eigenvalue weighted by atomic mass is 15.0. The molecule has 3 rings (SSSR count). The van der Waals surface area contributed by atoms with Crippen LogP contribution in [0.15, 0.2) is 0 Å². The highest BCUT2D eigenvalue weighted by molar-refractivity contribution is 5.57. The molecule has 0 bridgehead atoms. The molecule has 0 spiro atoms. The zero-order chi connectivity index (χ0) is 15.2. The molecule has 0 saturated heterocycles. The first-order chi connectivity index (χ1) is 9.89. The van der Waals surface area contributed by atoms with E-state index in [0.717, 1.165) is 0 Å². The third kappa shape index (κ3) is 2.65. The molecule has 0 fully saturated rings. The predicted octanol–water partition coefficient (Wildman–Crippen LogP) is 4.07. The van der Waals surface area contributed by atoms with E-state index in [1.807, 2.05) is 0 Å². The van der Waals surface area contributed by atoms with Crippen molar-refractivity contribution >= 4 is 0 Å². The van der Waals surface area contributed by atoms with Crippen LogP contribution in [0, 0.1) is 0 Å². The minimum atomic E-state index is 0.308. The van der Waals surface area contributed by atoms with Crippen molar-refractivity contribution in [1.82, 2.24) is 4.90 Å². The van der Waals surface area contributed by atoms with Crippen molar-refractivity contribution in [3.8, 4) is 0 Å². The molecule has 2 aliphatic carbocycles. The molecule has 1 aromatic rings. The van der Waals surface area contributed by atoms with Crippen molar-refractivity contribution in [2.75, 3.05) is 20.6 Å². The average molecular weight is 285 g/mol. The Morgan fingerprint density at radius 2 is 1.29 bits per heavy atom. The Labute approximate surface area is 130 Å². The van der Waals surface area contributed by atoms with E-state index >= 15 is 0 Å². The zero-order valence-corrected chi connectivity index (χ0v) is 14.6. The molecule has 1 nitrogen and oxygen atoms in total. The van der Waals surface area contributed by atoms with Gasteiger partial charge in [0.15, 0.2) is 0 Å². The van der Waals surface area contributed by atoms with Gasteiger partial charge in [-0.1, -0.05) is 20.8 Å². The summed E-state index contributed by atoms with van der Waals surface area (Å²) in [5.74, 6) is 0. The fraction of sp³-hybridized carbons (Fsp3) is 0.700. The smallest absolute Gasteiger partial charge is 0.00159 e. The summed E-state index contributed by atoms with van der Waals surface area (Å²) < 4.78 is 0. The van der Waals surface area contributed by atoms with E-state index in [-0.39, 0.29) is 0 Å². The van der Waals surface area contributed by atoms with Crippen molar-refractivity contribution < 1.29 is 0 Å². The number of benzene rings is 1. The van der Waals surface area contributed by atoms with Gasteiger partial charge in [0.1, 0.15) is 0 Å². The first-order valence-electron chi connectivity index (χ1n) is 8.73. The van der Waals surface area contributed by atoms with Crippen LogP contribution in [-0.2, 0) is 37.5 Å². The van der Waals surface area contributed by atoms with E-state index in [4.69, 9.17) is 0 Å². The summed E-state index contributed by atoms with van der Waals surface area (Å²) in [6.07, 6.45) is 9.30. The third-order valence-corrected chi connectivity index (χ3v) is 5.33. The fourth-order valence-electron chi connectivity index (χ4n) is 4.61. The monoisotopic (exact) mass is 285 g/mol. The van der Waals surface area contributed by atoms with Gasteiger partial charge < -0.3 is 4.90 Å². The second kappa shape index (κ2) is 5.43. The lowest BCUT2D eigenvalue weighted by molar-refractivity contribution is 0.412. The van der Waals surface area contributed by atoms with E-state index in [1.165, 1.54) is 51.5 Å². The number of nitrogens with zero attached hydrogens (tertiary/aromatic N) is 1. The van der Waals surface area contributed by atoms with Crippen LogP contribution in [0.5, 0.6) is 0 Å². The Kier molecular flexibility index (Phi) is 3.90. The summed E-state index contributed by atoms with van der Waals surface area (Å²) >= 11 is 0. The van der Waals surface area contributed by atoms with E-state index < -0.39 is 0 Å². The zero-order valence-electron chi connectivity index (χ0n) is 14.6. The molecule has 2 aliphatic rings. The number of likely N-dealkylation sites (N-methyl/N-ethyl adjacent to an activating group) is 1. The molecule has 0 unspecified atom stereocenters. The first-order valence-corrected chi connectivity index (χ1v) is 8.73. The maximum Gasteiger partial charge on any atom is 0.00159 e. The Hall–Kier alpha value is -0.820. The summed E-state index contributed by atoms with van der Waals surface area (Å²) in [4.78, 5) is 2.33. The van der Waals surface area contributed by atoms with Crippen LogP contribution < -0.4 is 0 Å². The van der Waals surface area contributed by atoms with Crippen LogP contribution in [0.3, 0.4) is 0 Å². The van der Waals surface area contributed by atoms with Crippen LogP contribution in [0.4, 0.5) is 0 Å². The summed E-state index contributed by atoms with van der Waals surface area (Å²) in [7, 11) is 4.40. The Morgan fingerprint density at radius 1 is 0.810 bits per heavy atom. The van der Waals surface area contributed by atoms with E-state index in [0.29, 0.717) is 5.41 Å². The van der Waals surface area contributed by atoms with Crippen molar-refractivity contribution in [1.29, 1.82) is 0 Å². The van der Waals surface area contributed by atoms with Crippen LogP contribution >= 0.6 is 0 Å². The Morgan fingerprint density at radius 3 is 1.71 bits per heavy atom. The lowest BCUT2D eigenvalue weighted by Crippen LogP contribution is -2.21. The van der Waals surface area contributed by atoms with Gasteiger partial charge in [-0.3, -0.25) is 0 Å². The Bertz CT molecular complexity index is 511. The molecule has 116 valence electrons. The molecule has 0 heterocycles. The maximum absolute atomic E-state index is 2.42. The summed E-state index contributed by atoms with van der Waals surface area (Å²) in [5.41, 5.74) is 10.8. The number of rotatable bonds is 3.